The van der Waals surface area contributed by atoms with Crippen molar-refractivity contribution in [3.63, 3.8) is 0 Å². The summed E-state index contributed by atoms with van der Waals surface area (Å²) in [5.41, 5.74) is 2.40. The predicted molar refractivity (Wildman–Crippen MR) is 90.6 cm³/mol. The normalized spacial score (nSPS) is 11.0. The number of hydrogen-bond donors (Lipinski definition) is 0. The van der Waals surface area contributed by atoms with Crippen LogP contribution in [-0.2, 0) is 11.2 Å². The van der Waals surface area contributed by atoms with Gasteiger partial charge in [0.25, 0.3) is 0 Å². The van der Waals surface area contributed by atoms with Gasteiger partial charge in [-0.15, -0.1) is 0 Å². The number of aryl methyl sites for hydroxylation is 1. The summed E-state index contributed by atoms with van der Waals surface area (Å²) in [6.07, 6.45) is 0.687. The molecule has 0 saturated carbocycles. The fourth-order valence-electron chi connectivity index (χ4n) is 2.27. The van der Waals surface area contributed by atoms with Crippen LogP contribution in [0.5, 0.6) is 0 Å². The number of benzene rings is 1. The number of hydrogen-bond acceptors (Lipinski definition) is 6. The van der Waals surface area contributed by atoms with Gasteiger partial charge in [-0.1, -0.05) is 43.7 Å². The molecule has 5 nitrogen and oxygen atoms in total. The SMILES string of the molecule is Cc1ccc(Cc2nsc(N(CCC(=O)[O-])CC(C)C)n2)cc1. The number of nitrogens with zero attached hydrogens (tertiary/aromatic N) is 3. The second kappa shape index (κ2) is 8.06. The van der Waals surface area contributed by atoms with Crippen LogP contribution >= 0.6 is 11.5 Å². The second-order valence-electron chi connectivity index (χ2n) is 6.12. The molecule has 0 aliphatic carbocycles. The van der Waals surface area contributed by atoms with Crippen LogP contribution < -0.4 is 10.0 Å². The van der Waals surface area contributed by atoms with Gasteiger partial charge in [-0.3, -0.25) is 0 Å². The minimum atomic E-state index is -1.04. The van der Waals surface area contributed by atoms with Gasteiger partial charge in [-0.25, -0.2) is 4.98 Å². The quantitative estimate of drug-likeness (QED) is 0.740. The van der Waals surface area contributed by atoms with Crippen molar-refractivity contribution >= 4 is 22.6 Å². The molecule has 2 aromatic rings. The van der Waals surface area contributed by atoms with Crippen molar-refractivity contribution in [2.75, 3.05) is 18.0 Å². The lowest BCUT2D eigenvalue weighted by atomic mass is 10.1. The minimum Gasteiger partial charge on any atom is -0.550 e. The summed E-state index contributed by atoms with van der Waals surface area (Å²) in [5.74, 6) is 0.153. The number of aliphatic carboxylic acids is 1. The molecule has 0 N–H and O–H groups in total. The molecule has 1 aromatic heterocycles. The van der Waals surface area contributed by atoms with E-state index in [1.54, 1.807) is 0 Å². The Morgan fingerprint density at radius 1 is 1.30 bits per heavy atom. The van der Waals surface area contributed by atoms with Gasteiger partial charge in [-0.2, -0.15) is 4.37 Å². The molecule has 0 aliphatic heterocycles. The average Bonchev–Trinajstić information content (AvgIpc) is 2.94. The highest BCUT2D eigenvalue weighted by atomic mass is 32.1. The number of rotatable bonds is 8. The summed E-state index contributed by atoms with van der Waals surface area (Å²) >= 11 is 1.33. The maximum atomic E-state index is 10.7. The number of carboxylic acid groups (broad SMARTS) is 1. The topological polar surface area (TPSA) is 69.2 Å². The number of carbonyl (C=O) groups is 1. The Balaban J connectivity index is 2.07. The highest BCUT2D eigenvalue weighted by Gasteiger charge is 2.14. The molecule has 0 amide bonds. The minimum absolute atomic E-state index is 0.000401. The van der Waals surface area contributed by atoms with Crippen molar-refractivity contribution in [1.29, 1.82) is 0 Å². The van der Waals surface area contributed by atoms with Crippen molar-refractivity contribution in [3.05, 3.63) is 41.2 Å². The van der Waals surface area contributed by atoms with Gasteiger partial charge < -0.3 is 14.8 Å². The molecule has 1 aromatic carbocycles. The van der Waals surface area contributed by atoms with E-state index >= 15 is 0 Å². The van der Waals surface area contributed by atoms with Crippen molar-refractivity contribution < 1.29 is 9.90 Å². The Morgan fingerprint density at radius 2 is 2.00 bits per heavy atom. The number of carboxylic acids is 1. The van der Waals surface area contributed by atoms with E-state index < -0.39 is 5.97 Å². The molecule has 23 heavy (non-hydrogen) atoms. The number of anilines is 1. The number of carbonyl (C=O) groups excluding carboxylic acids is 1. The Kier molecular flexibility index (Phi) is 6.10. The second-order valence-corrected chi connectivity index (χ2v) is 6.85. The molecule has 0 spiro atoms. The fourth-order valence-corrected chi connectivity index (χ4v) is 2.99. The van der Waals surface area contributed by atoms with E-state index in [0.29, 0.717) is 18.9 Å². The van der Waals surface area contributed by atoms with E-state index in [1.165, 1.54) is 22.7 Å². The van der Waals surface area contributed by atoms with Gasteiger partial charge in [0.15, 0.2) is 0 Å². The van der Waals surface area contributed by atoms with Gasteiger partial charge >= 0.3 is 0 Å². The van der Waals surface area contributed by atoms with Gasteiger partial charge in [0.05, 0.1) is 0 Å². The lowest BCUT2D eigenvalue weighted by molar-refractivity contribution is -0.305. The van der Waals surface area contributed by atoms with Gasteiger partial charge in [-0.05, 0) is 18.4 Å². The first kappa shape index (κ1) is 17.4. The largest absolute Gasteiger partial charge is 0.550 e. The van der Waals surface area contributed by atoms with Crippen LogP contribution in [-0.4, -0.2) is 28.4 Å². The Labute approximate surface area is 141 Å². The summed E-state index contributed by atoms with van der Waals surface area (Å²) in [7, 11) is 0. The molecule has 6 heteroatoms. The highest BCUT2D eigenvalue weighted by molar-refractivity contribution is 7.09. The molecule has 0 bridgehead atoms. The van der Waals surface area contributed by atoms with Crippen LogP contribution in [0.25, 0.3) is 0 Å². The maximum Gasteiger partial charge on any atom is 0.205 e. The Hall–Kier alpha value is -1.95. The van der Waals surface area contributed by atoms with Crippen molar-refractivity contribution in [3.8, 4) is 0 Å². The summed E-state index contributed by atoms with van der Waals surface area (Å²) < 4.78 is 4.42. The Bertz CT molecular complexity index is 638. The fraction of sp³-hybridized carbons (Fsp3) is 0.471. The predicted octanol–water partition coefficient (Wildman–Crippen LogP) is 2.04. The molecule has 2 rings (SSSR count). The molecule has 0 unspecified atom stereocenters. The summed E-state index contributed by atoms with van der Waals surface area (Å²) in [6.45, 7) is 7.41. The number of aromatic nitrogens is 2. The first-order valence-electron chi connectivity index (χ1n) is 7.77. The third kappa shape index (κ3) is 5.63. The third-order valence-electron chi connectivity index (χ3n) is 3.38. The summed E-state index contributed by atoms with van der Waals surface area (Å²) in [6, 6.07) is 8.32. The molecule has 0 radical (unpaired) electrons. The van der Waals surface area contributed by atoms with Gasteiger partial charge in [0, 0.05) is 43.4 Å². The molecular formula is C17H22N3O2S-. The molecule has 1 heterocycles. The zero-order valence-electron chi connectivity index (χ0n) is 13.8. The first-order chi connectivity index (χ1) is 10.9. The van der Waals surface area contributed by atoms with E-state index in [2.05, 4.69) is 54.4 Å². The summed E-state index contributed by atoms with van der Waals surface area (Å²) in [5, 5.41) is 11.5. The van der Waals surface area contributed by atoms with E-state index in [-0.39, 0.29) is 6.42 Å². The van der Waals surface area contributed by atoms with Crippen LogP contribution in [0.3, 0.4) is 0 Å². The average molecular weight is 332 g/mol. The van der Waals surface area contributed by atoms with Crippen LogP contribution in [0.2, 0.25) is 0 Å². The van der Waals surface area contributed by atoms with Crippen molar-refractivity contribution in [1.82, 2.24) is 9.36 Å². The standard InChI is InChI=1S/C17H23N3O2S/c1-12(2)11-20(9-8-16(21)22)17-18-15(19-23-17)10-14-6-4-13(3)5-7-14/h4-7,12H,8-11H2,1-3H3,(H,21,22)/p-1. The van der Waals surface area contributed by atoms with Crippen LogP contribution in [0.4, 0.5) is 5.13 Å². The maximum absolute atomic E-state index is 10.7. The molecule has 124 valence electrons. The molecule has 0 atom stereocenters. The molecule has 0 aliphatic rings. The zero-order chi connectivity index (χ0) is 16.8. The monoisotopic (exact) mass is 332 g/mol. The van der Waals surface area contributed by atoms with E-state index in [0.717, 1.165) is 17.5 Å². The van der Waals surface area contributed by atoms with Gasteiger partial charge in [0.2, 0.25) is 5.13 Å². The van der Waals surface area contributed by atoms with Crippen LogP contribution in [0.15, 0.2) is 24.3 Å². The van der Waals surface area contributed by atoms with Crippen molar-refractivity contribution in [2.24, 2.45) is 5.92 Å². The molecule has 0 saturated heterocycles. The lowest BCUT2D eigenvalue weighted by Crippen LogP contribution is -2.33. The lowest BCUT2D eigenvalue weighted by Gasteiger charge is -2.23. The smallest absolute Gasteiger partial charge is 0.205 e. The zero-order valence-corrected chi connectivity index (χ0v) is 14.6. The van der Waals surface area contributed by atoms with Gasteiger partial charge in [0.1, 0.15) is 5.82 Å². The van der Waals surface area contributed by atoms with Crippen LogP contribution in [0.1, 0.15) is 37.2 Å². The molecule has 0 fully saturated rings. The highest BCUT2D eigenvalue weighted by Crippen LogP contribution is 2.20. The van der Waals surface area contributed by atoms with Crippen LogP contribution in [0, 0.1) is 12.8 Å². The van der Waals surface area contributed by atoms with E-state index in [1.807, 2.05) is 4.90 Å². The van der Waals surface area contributed by atoms with Crippen molar-refractivity contribution in [2.45, 2.75) is 33.6 Å². The Morgan fingerprint density at radius 3 is 2.61 bits per heavy atom. The van der Waals surface area contributed by atoms with E-state index in [9.17, 15) is 9.90 Å². The first-order valence-corrected chi connectivity index (χ1v) is 8.54. The van der Waals surface area contributed by atoms with E-state index in [4.69, 9.17) is 0 Å². The third-order valence-corrected chi connectivity index (χ3v) is 4.20. The molecular weight excluding hydrogens is 310 g/mol. The summed E-state index contributed by atoms with van der Waals surface area (Å²) in [4.78, 5) is 17.3.